The highest BCUT2D eigenvalue weighted by atomic mass is 32.2. The molecule has 0 bridgehead atoms. The lowest BCUT2D eigenvalue weighted by Gasteiger charge is -2.09. The Hall–Kier alpha value is -2.64. The van der Waals surface area contributed by atoms with E-state index in [9.17, 15) is 9.59 Å². The second-order valence-corrected chi connectivity index (χ2v) is 8.50. The third kappa shape index (κ3) is 3.61. The number of carbonyl (C=O) groups is 1. The smallest absolute Gasteiger partial charge is 0.251 e. The summed E-state index contributed by atoms with van der Waals surface area (Å²) in [5.41, 5.74) is 3.91. The van der Waals surface area contributed by atoms with Gasteiger partial charge in [0.05, 0.1) is 21.5 Å². The molecule has 0 unspecified atom stereocenters. The zero-order valence-corrected chi connectivity index (χ0v) is 16.5. The van der Waals surface area contributed by atoms with Gasteiger partial charge in [0.15, 0.2) is 4.34 Å². The Morgan fingerprint density at radius 2 is 2.00 bits per heavy atom. The number of aromatic nitrogens is 2. The molecule has 0 saturated heterocycles. The quantitative estimate of drug-likeness (QED) is 0.500. The molecular weight excluding hydrogens is 378 g/mol. The van der Waals surface area contributed by atoms with E-state index in [1.807, 2.05) is 50.2 Å². The largest absolute Gasteiger partial charge is 0.325 e. The van der Waals surface area contributed by atoms with Crippen molar-refractivity contribution in [2.45, 2.75) is 18.2 Å². The van der Waals surface area contributed by atoms with Crippen LogP contribution in [0.25, 0.3) is 21.1 Å². The number of hydrogen-bond acceptors (Lipinski definition) is 5. The van der Waals surface area contributed by atoms with Crippen LogP contribution in [0.3, 0.4) is 0 Å². The summed E-state index contributed by atoms with van der Waals surface area (Å²) in [5.74, 6) is 0.172. The summed E-state index contributed by atoms with van der Waals surface area (Å²) in [6.07, 6.45) is 0. The Labute approximate surface area is 163 Å². The Kier molecular flexibility index (Phi) is 4.72. The number of para-hydroxylation sites is 1. The summed E-state index contributed by atoms with van der Waals surface area (Å²) in [6.45, 7) is 3.74. The molecule has 1 amide bonds. The van der Waals surface area contributed by atoms with Crippen LogP contribution in [0.1, 0.15) is 11.1 Å². The van der Waals surface area contributed by atoms with Crippen LogP contribution in [-0.2, 0) is 4.79 Å². The first-order valence-corrected chi connectivity index (χ1v) is 10.2. The number of nitrogens with zero attached hydrogens (tertiary/aromatic N) is 1. The van der Waals surface area contributed by atoms with Crippen molar-refractivity contribution in [2.24, 2.45) is 0 Å². The Balaban J connectivity index is 1.47. The average Bonchev–Trinajstić information content (AvgIpc) is 3.07. The van der Waals surface area contributed by atoms with Crippen molar-refractivity contribution in [2.75, 3.05) is 11.1 Å². The van der Waals surface area contributed by atoms with Gasteiger partial charge in [0.1, 0.15) is 0 Å². The van der Waals surface area contributed by atoms with Crippen LogP contribution in [-0.4, -0.2) is 21.6 Å². The average molecular weight is 396 g/mol. The molecule has 2 aromatic heterocycles. The van der Waals surface area contributed by atoms with Crippen LogP contribution in [0, 0.1) is 13.8 Å². The van der Waals surface area contributed by atoms with E-state index >= 15 is 0 Å². The molecule has 0 saturated carbocycles. The molecule has 4 aromatic rings. The summed E-state index contributed by atoms with van der Waals surface area (Å²) < 4.78 is 1.99. The van der Waals surface area contributed by atoms with Gasteiger partial charge < -0.3 is 10.3 Å². The number of pyridine rings is 1. The molecule has 0 aliphatic heterocycles. The first-order chi connectivity index (χ1) is 13.0. The van der Waals surface area contributed by atoms with Crippen molar-refractivity contribution in [3.8, 4) is 0 Å². The highest BCUT2D eigenvalue weighted by Crippen LogP contribution is 2.29. The molecule has 0 atom stereocenters. The number of H-pyrrole nitrogens is 1. The maximum Gasteiger partial charge on any atom is 0.251 e. The summed E-state index contributed by atoms with van der Waals surface area (Å²) in [4.78, 5) is 31.7. The fourth-order valence-electron chi connectivity index (χ4n) is 2.88. The normalized spacial score (nSPS) is 11.2. The number of aromatic amines is 1. The van der Waals surface area contributed by atoms with Crippen molar-refractivity contribution in [1.29, 1.82) is 0 Å². The number of amides is 1. The maximum atomic E-state index is 12.3. The Morgan fingerprint density at radius 1 is 1.19 bits per heavy atom. The van der Waals surface area contributed by atoms with Gasteiger partial charge in [0.2, 0.25) is 5.91 Å². The molecule has 4 rings (SSSR count). The summed E-state index contributed by atoms with van der Waals surface area (Å²) in [7, 11) is 0. The Bertz CT molecular complexity index is 1190. The van der Waals surface area contributed by atoms with Crippen molar-refractivity contribution in [3.63, 3.8) is 0 Å². The lowest BCUT2D eigenvalue weighted by molar-refractivity contribution is -0.113. The first kappa shape index (κ1) is 17.8. The molecule has 0 spiro atoms. The van der Waals surface area contributed by atoms with Crippen LogP contribution in [0.4, 0.5) is 5.69 Å². The number of carbonyl (C=O) groups excluding carboxylic acids is 1. The van der Waals surface area contributed by atoms with Gasteiger partial charge in [-0.25, -0.2) is 4.98 Å². The maximum absolute atomic E-state index is 12.3. The van der Waals surface area contributed by atoms with Crippen LogP contribution in [0.2, 0.25) is 0 Å². The molecule has 2 aromatic carbocycles. The molecule has 27 heavy (non-hydrogen) atoms. The second-order valence-electron chi connectivity index (χ2n) is 6.25. The molecule has 0 aliphatic rings. The Morgan fingerprint density at radius 3 is 2.81 bits per heavy atom. The monoisotopic (exact) mass is 395 g/mol. The molecule has 2 N–H and O–H groups in total. The molecule has 5 nitrogen and oxygen atoms in total. The summed E-state index contributed by atoms with van der Waals surface area (Å²) in [6, 6.07) is 13.5. The fraction of sp³-hybridized carbons (Fsp3) is 0.150. The zero-order chi connectivity index (χ0) is 19.0. The summed E-state index contributed by atoms with van der Waals surface area (Å²) in [5, 5.41) is 3.87. The van der Waals surface area contributed by atoms with Crippen molar-refractivity contribution >= 4 is 55.8 Å². The topological polar surface area (TPSA) is 74.8 Å². The van der Waals surface area contributed by atoms with E-state index in [-0.39, 0.29) is 17.2 Å². The molecular formula is C20H17N3O2S2. The molecule has 7 heteroatoms. The third-order valence-corrected chi connectivity index (χ3v) is 6.64. The first-order valence-electron chi connectivity index (χ1n) is 8.43. The number of benzene rings is 2. The highest BCUT2D eigenvalue weighted by Gasteiger charge is 2.10. The molecule has 0 fully saturated rings. The van der Waals surface area contributed by atoms with Crippen LogP contribution >= 0.6 is 23.1 Å². The van der Waals surface area contributed by atoms with Gasteiger partial charge in [-0.2, -0.15) is 0 Å². The lowest BCUT2D eigenvalue weighted by Crippen LogP contribution is -2.15. The lowest BCUT2D eigenvalue weighted by atomic mass is 10.1. The standard InChI is InChI=1S/C20H17N3O2S2/c1-11-12(2)19(25)22-16-9-13(7-8-14(11)16)21-18(24)10-26-20-23-15-5-3-4-6-17(15)27-20/h3-9H,10H2,1-2H3,(H,21,24)(H,22,25). The third-order valence-electron chi connectivity index (χ3n) is 4.46. The van der Waals surface area contributed by atoms with Crippen molar-refractivity contribution < 1.29 is 4.79 Å². The van der Waals surface area contributed by atoms with Crippen LogP contribution in [0.5, 0.6) is 0 Å². The van der Waals surface area contributed by atoms with Gasteiger partial charge in [-0.05, 0) is 43.7 Å². The van der Waals surface area contributed by atoms with E-state index in [0.717, 1.165) is 31.0 Å². The predicted molar refractivity (Wildman–Crippen MR) is 113 cm³/mol. The second kappa shape index (κ2) is 7.17. The molecule has 0 aliphatic carbocycles. The highest BCUT2D eigenvalue weighted by molar-refractivity contribution is 8.01. The van der Waals surface area contributed by atoms with E-state index in [0.29, 0.717) is 11.3 Å². The van der Waals surface area contributed by atoms with Crippen LogP contribution in [0.15, 0.2) is 51.6 Å². The molecule has 2 heterocycles. The number of hydrogen-bond donors (Lipinski definition) is 2. The number of fused-ring (bicyclic) bond motifs is 2. The van der Waals surface area contributed by atoms with Crippen molar-refractivity contribution in [3.05, 3.63) is 63.9 Å². The summed E-state index contributed by atoms with van der Waals surface area (Å²) >= 11 is 3.01. The number of thiazole rings is 1. The van der Waals surface area contributed by atoms with E-state index in [2.05, 4.69) is 15.3 Å². The number of rotatable bonds is 4. The van der Waals surface area contributed by atoms with E-state index < -0.39 is 0 Å². The number of aryl methyl sites for hydroxylation is 1. The van der Waals surface area contributed by atoms with E-state index in [1.54, 1.807) is 17.4 Å². The minimum absolute atomic E-state index is 0.102. The van der Waals surface area contributed by atoms with E-state index in [1.165, 1.54) is 11.8 Å². The van der Waals surface area contributed by atoms with Gasteiger partial charge >= 0.3 is 0 Å². The SMILES string of the molecule is Cc1c(C)c2ccc(NC(=O)CSc3nc4ccccc4s3)cc2[nH]c1=O. The van der Waals surface area contributed by atoms with E-state index in [4.69, 9.17) is 0 Å². The minimum atomic E-state index is -0.107. The van der Waals surface area contributed by atoms with Gasteiger partial charge in [0.25, 0.3) is 5.56 Å². The number of nitrogens with one attached hydrogen (secondary N) is 2. The molecule has 136 valence electrons. The van der Waals surface area contributed by atoms with Gasteiger partial charge in [-0.3, -0.25) is 9.59 Å². The minimum Gasteiger partial charge on any atom is -0.325 e. The van der Waals surface area contributed by atoms with Gasteiger partial charge in [-0.1, -0.05) is 30.0 Å². The zero-order valence-electron chi connectivity index (χ0n) is 14.8. The predicted octanol–water partition coefficient (Wildman–Crippen LogP) is 4.49. The number of thioether (sulfide) groups is 1. The fourth-order valence-corrected chi connectivity index (χ4v) is 4.75. The van der Waals surface area contributed by atoms with Gasteiger partial charge in [-0.15, -0.1) is 11.3 Å². The van der Waals surface area contributed by atoms with Crippen molar-refractivity contribution in [1.82, 2.24) is 9.97 Å². The van der Waals surface area contributed by atoms with Gasteiger partial charge in [0, 0.05) is 16.6 Å². The van der Waals surface area contributed by atoms with Crippen LogP contribution < -0.4 is 10.9 Å². The number of anilines is 1. The molecule has 0 radical (unpaired) electrons.